The fourth-order valence-electron chi connectivity index (χ4n) is 2.62. The number of aliphatic hydroxyl groups is 1. The summed E-state index contributed by atoms with van der Waals surface area (Å²) >= 11 is 0. The number of hydrogen-bond donors (Lipinski definition) is 4. The van der Waals surface area contributed by atoms with Crippen molar-refractivity contribution < 1.29 is 14.6 Å². The number of aliphatic hydroxyl groups excluding tert-OH is 1. The van der Waals surface area contributed by atoms with E-state index in [1.807, 2.05) is 54.6 Å². The van der Waals surface area contributed by atoms with Gasteiger partial charge in [0.1, 0.15) is 5.75 Å². The number of aliphatic imine (C=N–C) groups is 1. The number of carbonyl (C=O) groups excluding carboxylic acids is 1. The number of methoxy groups -OCH3 is 1. The maximum Gasteiger partial charge on any atom is 0.239 e. The summed E-state index contributed by atoms with van der Waals surface area (Å²) in [6.07, 6.45) is 0. The molecule has 0 aliphatic carbocycles. The van der Waals surface area contributed by atoms with E-state index in [1.54, 1.807) is 14.2 Å². The summed E-state index contributed by atoms with van der Waals surface area (Å²) < 4.78 is 5.11. The molecule has 0 heterocycles. The van der Waals surface area contributed by atoms with E-state index >= 15 is 0 Å². The average Bonchev–Trinajstić information content (AvgIpc) is 2.75. The lowest BCUT2D eigenvalue weighted by molar-refractivity contribution is -0.120. The van der Waals surface area contributed by atoms with Crippen LogP contribution in [0.1, 0.15) is 17.0 Å². The fourth-order valence-corrected chi connectivity index (χ4v) is 2.62. The van der Waals surface area contributed by atoms with Crippen LogP contribution in [0.2, 0.25) is 0 Å². The first kappa shape index (κ1) is 24.7. The second kappa shape index (κ2) is 13.8. The number of amides is 1. The maximum absolute atomic E-state index is 12.1. The van der Waals surface area contributed by atoms with Crippen LogP contribution in [0.5, 0.6) is 5.75 Å². The zero-order chi connectivity index (χ0) is 20.2. The van der Waals surface area contributed by atoms with Crippen molar-refractivity contribution in [3.63, 3.8) is 0 Å². The minimum Gasteiger partial charge on any atom is -0.497 e. The molecule has 0 saturated heterocycles. The number of rotatable bonds is 9. The number of halogens is 1. The van der Waals surface area contributed by atoms with Gasteiger partial charge in [-0.05, 0) is 23.3 Å². The Morgan fingerprint density at radius 3 is 2.34 bits per heavy atom. The van der Waals surface area contributed by atoms with Gasteiger partial charge in [0.15, 0.2) is 5.96 Å². The first-order chi connectivity index (χ1) is 13.7. The van der Waals surface area contributed by atoms with Crippen LogP contribution in [0.15, 0.2) is 59.6 Å². The van der Waals surface area contributed by atoms with Gasteiger partial charge in [0, 0.05) is 26.1 Å². The summed E-state index contributed by atoms with van der Waals surface area (Å²) in [5, 5.41) is 18.6. The molecule has 0 aliphatic rings. The molecule has 29 heavy (non-hydrogen) atoms. The molecule has 8 heteroatoms. The van der Waals surface area contributed by atoms with Crippen molar-refractivity contribution >= 4 is 35.8 Å². The molecule has 0 aromatic heterocycles. The zero-order valence-corrected chi connectivity index (χ0v) is 19.1. The molecule has 1 unspecified atom stereocenters. The van der Waals surface area contributed by atoms with Gasteiger partial charge in [-0.3, -0.25) is 9.79 Å². The zero-order valence-electron chi connectivity index (χ0n) is 16.7. The van der Waals surface area contributed by atoms with E-state index in [0.29, 0.717) is 19.0 Å². The van der Waals surface area contributed by atoms with Gasteiger partial charge in [-0.1, -0.05) is 42.5 Å². The predicted molar refractivity (Wildman–Crippen MR) is 126 cm³/mol. The summed E-state index contributed by atoms with van der Waals surface area (Å²) in [5.41, 5.74) is 2.04. The van der Waals surface area contributed by atoms with Crippen molar-refractivity contribution in [1.82, 2.24) is 16.0 Å². The first-order valence-corrected chi connectivity index (χ1v) is 9.16. The largest absolute Gasteiger partial charge is 0.497 e. The van der Waals surface area contributed by atoms with Gasteiger partial charge in [-0.15, -0.1) is 24.0 Å². The quantitative estimate of drug-likeness (QED) is 0.234. The van der Waals surface area contributed by atoms with Crippen molar-refractivity contribution in [1.29, 1.82) is 0 Å². The predicted octanol–water partition coefficient (Wildman–Crippen LogP) is 1.87. The molecule has 0 spiro atoms. The molecular formula is C21H29IN4O3. The minimum atomic E-state index is -0.138. The van der Waals surface area contributed by atoms with Gasteiger partial charge in [0.2, 0.25) is 5.91 Å². The van der Waals surface area contributed by atoms with Gasteiger partial charge in [-0.25, -0.2) is 0 Å². The van der Waals surface area contributed by atoms with Crippen LogP contribution < -0.4 is 20.7 Å². The van der Waals surface area contributed by atoms with Crippen LogP contribution in [0.25, 0.3) is 0 Å². The lowest BCUT2D eigenvalue weighted by Crippen LogP contribution is -2.44. The Morgan fingerprint density at radius 1 is 1.07 bits per heavy atom. The smallest absolute Gasteiger partial charge is 0.239 e. The second-order valence-corrected chi connectivity index (χ2v) is 6.22. The number of ether oxygens (including phenoxy) is 1. The fraction of sp³-hybridized carbons (Fsp3) is 0.333. The number of benzene rings is 2. The SMILES string of the molecule is CN=C(NCC(=O)NCc1ccc(OC)cc1)NCC(CO)c1ccccc1.I. The highest BCUT2D eigenvalue weighted by Gasteiger charge is 2.11. The number of hydrogen-bond acceptors (Lipinski definition) is 4. The Kier molecular flexibility index (Phi) is 11.7. The van der Waals surface area contributed by atoms with Crippen LogP contribution in [0.3, 0.4) is 0 Å². The van der Waals surface area contributed by atoms with E-state index in [-0.39, 0.29) is 49.0 Å². The summed E-state index contributed by atoms with van der Waals surface area (Å²) in [5.74, 6) is 1.10. The van der Waals surface area contributed by atoms with Crippen LogP contribution in [-0.4, -0.2) is 50.8 Å². The molecule has 4 N–H and O–H groups in total. The molecule has 0 bridgehead atoms. The average molecular weight is 512 g/mol. The van der Waals surface area contributed by atoms with Crippen molar-refractivity contribution in [2.75, 3.05) is 33.9 Å². The van der Waals surface area contributed by atoms with Crippen molar-refractivity contribution in [2.24, 2.45) is 4.99 Å². The molecule has 0 fully saturated rings. The lowest BCUT2D eigenvalue weighted by atomic mass is 10.0. The number of carbonyl (C=O) groups is 1. The molecule has 2 aromatic carbocycles. The first-order valence-electron chi connectivity index (χ1n) is 9.16. The van der Waals surface area contributed by atoms with Crippen molar-refractivity contribution in [2.45, 2.75) is 12.5 Å². The van der Waals surface area contributed by atoms with Crippen LogP contribution >= 0.6 is 24.0 Å². The standard InChI is InChI=1S/C21H28N4O3.HI/c1-22-21(24-13-18(15-26)17-6-4-3-5-7-17)25-14-20(27)23-12-16-8-10-19(28-2)11-9-16;/h3-11,18,26H,12-15H2,1-2H3,(H,23,27)(H2,22,24,25);1H. The highest BCUT2D eigenvalue weighted by molar-refractivity contribution is 14.0. The Labute approximate surface area is 189 Å². The summed E-state index contributed by atoms with van der Waals surface area (Å²) in [6.45, 7) is 1.08. The molecule has 158 valence electrons. The van der Waals surface area contributed by atoms with Crippen molar-refractivity contribution in [3.8, 4) is 5.75 Å². The third-order valence-corrected chi connectivity index (χ3v) is 4.30. The van der Waals surface area contributed by atoms with Gasteiger partial charge in [0.05, 0.1) is 20.3 Å². The third-order valence-electron chi connectivity index (χ3n) is 4.30. The summed E-state index contributed by atoms with van der Waals surface area (Å²) in [6, 6.07) is 17.3. The van der Waals surface area contributed by atoms with Gasteiger partial charge >= 0.3 is 0 Å². The van der Waals surface area contributed by atoms with Gasteiger partial charge in [-0.2, -0.15) is 0 Å². The number of nitrogens with one attached hydrogen (secondary N) is 3. The molecule has 0 saturated carbocycles. The molecule has 1 amide bonds. The second-order valence-electron chi connectivity index (χ2n) is 6.22. The monoisotopic (exact) mass is 512 g/mol. The molecule has 0 aliphatic heterocycles. The van der Waals surface area contributed by atoms with Gasteiger partial charge < -0.3 is 25.8 Å². The Morgan fingerprint density at radius 2 is 1.76 bits per heavy atom. The topological polar surface area (TPSA) is 95.0 Å². The highest BCUT2D eigenvalue weighted by Crippen LogP contribution is 2.13. The van der Waals surface area contributed by atoms with E-state index in [9.17, 15) is 9.90 Å². The number of nitrogens with zero attached hydrogens (tertiary/aromatic N) is 1. The molecule has 0 radical (unpaired) electrons. The van der Waals surface area contributed by atoms with E-state index < -0.39 is 0 Å². The van der Waals surface area contributed by atoms with Crippen LogP contribution in [-0.2, 0) is 11.3 Å². The van der Waals surface area contributed by atoms with E-state index in [1.165, 1.54) is 0 Å². The normalized spacial score (nSPS) is 11.8. The summed E-state index contributed by atoms with van der Waals surface area (Å²) in [7, 11) is 3.26. The van der Waals surface area contributed by atoms with E-state index in [0.717, 1.165) is 16.9 Å². The molecular weight excluding hydrogens is 483 g/mol. The van der Waals surface area contributed by atoms with E-state index in [4.69, 9.17) is 4.74 Å². The van der Waals surface area contributed by atoms with Crippen molar-refractivity contribution in [3.05, 3.63) is 65.7 Å². The molecule has 2 rings (SSSR count). The Hall–Kier alpha value is -2.33. The Bertz CT molecular complexity index is 754. The van der Waals surface area contributed by atoms with Crippen LogP contribution in [0, 0.1) is 0 Å². The van der Waals surface area contributed by atoms with Crippen LogP contribution in [0.4, 0.5) is 0 Å². The van der Waals surface area contributed by atoms with E-state index in [2.05, 4.69) is 20.9 Å². The maximum atomic E-state index is 12.1. The summed E-state index contributed by atoms with van der Waals surface area (Å²) in [4.78, 5) is 16.2. The third kappa shape index (κ3) is 8.70. The van der Waals surface area contributed by atoms with Gasteiger partial charge in [0.25, 0.3) is 0 Å². The molecule has 7 nitrogen and oxygen atoms in total. The molecule has 2 aromatic rings. The Balaban J connectivity index is 0.00000420. The highest BCUT2D eigenvalue weighted by atomic mass is 127. The lowest BCUT2D eigenvalue weighted by Gasteiger charge is -2.18. The molecule has 1 atom stereocenters. The minimum absolute atomic E-state index is 0. The number of guanidine groups is 1.